The molecule has 5 aromatic heterocycles. The van der Waals surface area contributed by atoms with Gasteiger partial charge in [-0.3, -0.25) is 4.40 Å². The van der Waals surface area contributed by atoms with Crippen LogP contribution in [-0.2, 0) is 0 Å². The van der Waals surface area contributed by atoms with Gasteiger partial charge in [-0.2, -0.15) is 0 Å². The topological polar surface area (TPSA) is 25.0 Å². The number of fused-ring (bicyclic) bond motifs is 15. The lowest BCUT2D eigenvalue weighted by Crippen LogP contribution is -2.11. The van der Waals surface area contributed by atoms with E-state index in [4.69, 9.17) is 4.98 Å². The van der Waals surface area contributed by atoms with E-state index < -0.39 is 0 Å². The van der Waals surface area contributed by atoms with Crippen LogP contribution < -0.4 is 4.90 Å². The Morgan fingerprint density at radius 1 is 0.377 bits per heavy atom. The van der Waals surface area contributed by atoms with Crippen LogP contribution in [0.15, 0.2) is 170 Å². The van der Waals surface area contributed by atoms with Gasteiger partial charge in [-0.25, -0.2) is 4.98 Å². The summed E-state index contributed by atoms with van der Waals surface area (Å²) in [6.07, 6.45) is 0. The van der Waals surface area contributed by atoms with Crippen molar-refractivity contribution in [2.75, 3.05) is 4.90 Å². The molecular formula is C49H28N4. The minimum absolute atomic E-state index is 1.01. The molecule has 0 radical (unpaired) electrons. The van der Waals surface area contributed by atoms with Crippen LogP contribution in [0.3, 0.4) is 0 Å². The molecule has 13 rings (SSSR count). The average molecular weight is 673 g/mol. The molecule has 0 aliphatic rings. The Bertz CT molecular complexity index is 3580. The first-order chi connectivity index (χ1) is 26.3. The Morgan fingerprint density at radius 2 is 0.943 bits per heavy atom. The molecule has 4 nitrogen and oxygen atoms in total. The van der Waals surface area contributed by atoms with Gasteiger partial charge >= 0.3 is 0 Å². The smallest absolute Gasteiger partial charge is 0.146 e. The van der Waals surface area contributed by atoms with Gasteiger partial charge in [-0.05, 0) is 64.7 Å². The minimum Gasteiger partial charge on any atom is -0.308 e. The fraction of sp³-hybridized carbons (Fsp3) is 0. The summed E-state index contributed by atoms with van der Waals surface area (Å²) in [5.74, 6) is 0. The highest BCUT2D eigenvalue weighted by Gasteiger charge is 2.28. The van der Waals surface area contributed by atoms with Crippen molar-refractivity contribution >= 4 is 115 Å². The maximum Gasteiger partial charge on any atom is 0.146 e. The first-order valence-corrected chi connectivity index (χ1v) is 18.2. The van der Waals surface area contributed by atoms with Crippen molar-refractivity contribution < 1.29 is 0 Å². The van der Waals surface area contributed by atoms with Gasteiger partial charge in [0.2, 0.25) is 0 Å². The molecule has 0 aliphatic carbocycles. The Balaban J connectivity index is 1.32. The number of hydrogen-bond acceptors (Lipinski definition) is 2. The van der Waals surface area contributed by atoms with E-state index in [0.717, 1.165) is 33.7 Å². The first kappa shape index (κ1) is 27.5. The second-order valence-corrected chi connectivity index (χ2v) is 14.3. The molecule has 13 aromatic rings. The summed E-state index contributed by atoms with van der Waals surface area (Å²) >= 11 is 0. The summed E-state index contributed by atoms with van der Waals surface area (Å²) in [7, 11) is 0. The third-order valence-electron chi connectivity index (χ3n) is 11.7. The highest BCUT2D eigenvalue weighted by atomic mass is 15.2. The second-order valence-electron chi connectivity index (χ2n) is 14.3. The molecule has 5 heterocycles. The van der Waals surface area contributed by atoms with Crippen LogP contribution in [0, 0.1) is 0 Å². The van der Waals surface area contributed by atoms with Gasteiger partial charge < -0.3 is 9.30 Å². The quantitative estimate of drug-likeness (QED) is 0.187. The zero-order valence-corrected chi connectivity index (χ0v) is 28.5. The molecule has 0 bridgehead atoms. The third-order valence-corrected chi connectivity index (χ3v) is 11.7. The van der Waals surface area contributed by atoms with Crippen LogP contribution in [0.4, 0.5) is 17.1 Å². The maximum absolute atomic E-state index is 5.75. The van der Waals surface area contributed by atoms with Crippen molar-refractivity contribution in [3.63, 3.8) is 0 Å². The van der Waals surface area contributed by atoms with E-state index in [2.05, 4.69) is 184 Å². The number of anilines is 3. The molecule has 8 aromatic carbocycles. The van der Waals surface area contributed by atoms with Crippen LogP contribution in [0.5, 0.6) is 0 Å². The molecule has 0 fully saturated rings. The van der Waals surface area contributed by atoms with Gasteiger partial charge in [0, 0.05) is 54.5 Å². The molecule has 244 valence electrons. The van der Waals surface area contributed by atoms with Gasteiger partial charge in [0.05, 0.1) is 38.8 Å². The fourth-order valence-electron chi connectivity index (χ4n) is 9.58. The molecule has 0 amide bonds. The molecule has 0 saturated carbocycles. The zero-order chi connectivity index (χ0) is 34.4. The van der Waals surface area contributed by atoms with E-state index >= 15 is 0 Å². The number of benzene rings is 8. The number of nitrogens with zero attached hydrogens (tertiary/aromatic N) is 4. The second kappa shape index (κ2) is 9.78. The van der Waals surface area contributed by atoms with Crippen LogP contribution in [0.2, 0.25) is 0 Å². The SMILES string of the molecule is c1ccc(N(c2ccccc2)c2c3ccccc3cc3c4cc5ccccc5c5c6nc7c(cc6n(c23)c45)c2cccc3c4ccccc4n7c32)cc1. The average Bonchev–Trinajstić information content (AvgIpc) is 3.94. The lowest BCUT2D eigenvalue weighted by Gasteiger charge is -2.28. The monoisotopic (exact) mass is 672 g/mol. The predicted molar refractivity (Wildman–Crippen MR) is 223 cm³/mol. The van der Waals surface area contributed by atoms with E-state index in [1.165, 1.54) is 81.3 Å². The van der Waals surface area contributed by atoms with Crippen LogP contribution >= 0.6 is 0 Å². The Hall–Kier alpha value is -7.17. The van der Waals surface area contributed by atoms with Crippen molar-refractivity contribution in [2.45, 2.75) is 0 Å². The molecular weight excluding hydrogens is 645 g/mol. The van der Waals surface area contributed by atoms with Gasteiger partial charge in [0.25, 0.3) is 0 Å². The molecule has 53 heavy (non-hydrogen) atoms. The third kappa shape index (κ3) is 3.39. The summed E-state index contributed by atoms with van der Waals surface area (Å²) in [6.45, 7) is 0. The van der Waals surface area contributed by atoms with Crippen LogP contribution in [0.25, 0.3) is 98.0 Å². The molecule has 0 atom stereocenters. The molecule has 0 N–H and O–H groups in total. The summed E-state index contributed by atoms with van der Waals surface area (Å²) in [6, 6.07) is 62.0. The van der Waals surface area contributed by atoms with Gasteiger partial charge in [-0.1, -0.05) is 121 Å². The molecule has 0 unspecified atom stereocenters. The molecule has 0 spiro atoms. The van der Waals surface area contributed by atoms with E-state index in [0.29, 0.717) is 0 Å². The van der Waals surface area contributed by atoms with E-state index in [1.807, 2.05) is 0 Å². The van der Waals surface area contributed by atoms with Crippen LogP contribution in [-0.4, -0.2) is 13.8 Å². The van der Waals surface area contributed by atoms with Crippen molar-refractivity contribution in [2.24, 2.45) is 0 Å². The largest absolute Gasteiger partial charge is 0.308 e. The number of rotatable bonds is 3. The highest BCUT2D eigenvalue weighted by molar-refractivity contribution is 6.35. The van der Waals surface area contributed by atoms with Gasteiger partial charge in [-0.15, -0.1) is 0 Å². The lowest BCUT2D eigenvalue weighted by molar-refractivity contribution is 1.27. The van der Waals surface area contributed by atoms with Gasteiger partial charge in [0.1, 0.15) is 5.65 Å². The molecule has 4 heteroatoms. The van der Waals surface area contributed by atoms with Gasteiger partial charge in [0.15, 0.2) is 0 Å². The molecule has 0 saturated heterocycles. The van der Waals surface area contributed by atoms with E-state index in [-0.39, 0.29) is 0 Å². The fourth-order valence-corrected chi connectivity index (χ4v) is 9.58. The number of hydrogen-bond donors (Lipinski definition) is 0. The standard InChI is InChI=1S/C49H28N4/c1-3-16-31(17-4-1)51(32-18-5-2-6-19-32)47-34-21-10-8-15-30(34)27-39-38-26-29-14-7-9-20-33(29)43-44-42(52(46(38)43)48(39)47)28-40-37-24-13-23-36-35-22-11-12-25-41(35)53(45(36)37)49(40)50-44/h1-28H. The zero-order valence-electron chi connectivity index (χ0n) is 28.5. The number of pyridine rings is 1. The summed E-state index contributed by atoms with van der Waals surface area (Å²) in [4.78, 5) is 8.19. The molecule has 0 aliphatic heterocycles. The maximum atomic E-state index is 5.75. The number of para-hydroxylation sites is 4. The Morgan fingerprint density at radius 3 is 1.68 bits per heavy atom. The van der Waals surface area contributed by atoms with Crippen LogP contribution in [0.1, 0.15) is 0 Å². The van der Waals surface area contributed by atoms with Crippen molar-refractivity contribution in [1.29, 1.82) is 0 Å². The van der Waals surface area contributed by atoms with E-state index in [9.17, 15) is 0 Å². The first-order valence-electron chi connectivity index (χ1n) is 18.2. The summed E-state index contributed by atoms with van der Waals surface area (Å²) in [5, 5.41) is 13.5. The Labute approximate surface area is 302 Å². The predicted octanol–water partition coefficient (Wildman–Crippen LogP) is 13.2. The van der Waals surface area contributed by atoms with Crippen molar-refractivity contribution in [3.8, 4) is 0 Å². The highest BCUT2D eigenvalue weighted by Crippen LogP contribution is 2.51. The summed E-state index contributed by atoms with van der Waals surface area (Å²) < 4.78 is 4.94. The normalized spacial score (nSPS) is 12.5. The Kier molecular flexibility index (Phi) is 5.08. The van der Waals surface area contributed by atoms with Crippen molar-refractivity contribution in [3.05, 3.63) is 170 Å². The number of aromatic nitrogens is 3. The van der Waals surface area contributed by atoms with Crippen molar-refractivity contribution in [1.82, 2.24) is 13.8 Å². The lowest BCUT2D eigenvalue weighted by atomic mass is 9.98. The van der Waals surface area contributed by atoms with E-state index in [1.54, 1.807) is 0 Å². The minimum atomic E-state index is 1.01. The summed E-state index contributed by atoms with van der Waals surface area (Å²) in [5.41, 5.74) is 11.4.